The Morgan fingerprint density at radius 1 is 1.09 bits per heavy atom. The lowest BCUT2D eigenvalue weighted by Gasteiger charge is -2.51. The molecule has 2 fully saturated rings. The molecular weight excluding hydrogens is 268 g/mol. The number of hydrogen-bond acceptors (Lipinski definition) is 1. The molecule has 3 aliphatic rings. The molecule has 1 N–H and O–H groups in total. The smallest absolute Gasteiger partial charge is 0.115 e. The molecule has 1 nitrogen and oxygen atoms in total. The molecule has 1 aromatic rings. The molecule has 0 heterocycles. The Morgan fingerprint density at radius 3 is 2.68 bits per heavy atom. The van der Waals surface area contributed by atoms with Crippen LogP contribution in [0.1, 0.15) is 75.8 Å². The second-order valence-electron chi connectivity index (χ2n) is 8.85. The maximum Gasteiger partial charge on any atom is 0.115 e. The molecule has 1 heteroatoms. The summed E-state index contributed by atoms with van der Waals surface area (Å²) in [7, 11) is 0. The topological polar surface area (TPSA) is 20.2 Å². The molecule has 0 aliphatic heterocycles. The van der Waals surface area contributed by atoms with Gasteiger partial charge in [0.2, 0.25) is 0 Å². The fraction of sp³-hybridized carbons (Fsp3) is 0.714. The van der Waals surface area contributed by atoms with Crippen molar-refractivity contribution < 1.29 is 5.11 Å². The summed E-state index contributed by atoms with van der Waals surface area (Å²) in [6.07, 6.45) is 11.1. The molecule has 3 aliphatic carbocycles. The molecular formula is C21H30O. The van der Waals surface area contributed by atoms with Gasteiger partial charge in [0.15, 0.2) is 0 Å². The zero-order valence-electron chi connectivity index (χ0n) is 14.1. The molecule has 22 heavy (non-hydrogen) atoms. The second-order valence-corrected chi connectivity index (χ2v) is 8.85. The highest BCUT2D eigenvalue weighted by Gasteiger charge is 2.46. The van der Waals surface area contributed by atoms with Crippen LogP contribution in [-0.2, 0) is 6.42 Å². The third kappa shape index (κ3) is 2.57. The first-order valence-corrected chi connectivity index (χ1v) is 9.36. The van der Waals surface area contributed by atoms with Gasteiger partial charge in [0.1, 0.15) is 5.75 Å². The Labute approximate surface area is 135 Å². The molecule has 3 unspecified atom stereocenters. The zero-order chi connectivity index (χ0) is 15.3. The molecule has 0 aromatic heterocycles. The highest BCUT2D eigenvalue weighted by Crippen LogP contribution is 2.56. The molecule has 0 bridgehead atoms. The number of rotatable bonds is 3. The van der Waals surface area contributed by atoms with Gasteiger partial charge >= 0.3 is 0 Å². The number of phenolic OH excluding ortho intramolecular Hbond substituents is 1. The van der Waals surface area contributed by atoms with Gasteiger partial charge in [-0.1, -0.05) is 39.2 Å². The monoisotopic (exact) mass is 298 g/mol. The van der Waals surface area contributed by atoms with Crippen LogP contribution in [0.5, 0.6) is 5.75 Å². The molecule has 0 amide bonds. The van der Waals surface area contributed by atoms with Crippen molar-refractivity contribution >= 4 is 0 Å². The Balaban J connectivity index is 1.60. The van der Waals surface area contributed by atoms with Crippen LogP contribution >= 0.6 is 0 Å². The van der Waals surface area contributed by atoms with Gasteiger partial charge in [-0.15, -0.1) is 0 Å². The van der Waals surface area contributed by atoms with Crippen molar-refractivity contribution in [2.75, 3.05) is 0 Å². The van der Waals surface area contributed by atoms with E-state index in [1.807, 2.05) is 12.1 Å². The highest BCUT2D eigenvalue weighted by molar-refractivity contribution is 5.39. The van der Waals surface area contributed by atoms with Crippen molar-refractivity contribution in [2.45, 2.75) is 71.1 Å². The fourth-order valence-electron chi connectivity index (χ4n) is 5.49. The molecule has 1 aromatic carbocycles. The minimum atomic E-state index is 0.443. The number of aryl methyl sites for hydroxylation is 1. The van der Waals surface area contributed by atoms with Gasteiger partial charge in [-0.2, -0.15) is 0 Å². The lowest BCUT2D eigenvalue weighted by Crippen LogP contribution is -2.41. The fourth-order valence-corrected chi connectivity index (χ4v) is 5.49. The van der Waals surface area contributed by atoms with Crippen molar-refractivity contribution in [1.29, 1.82) is 0 Å². The first-order valence-electron chi connectivity index (χ1n) is 9.36. The van der Waals surface area contributed by atoms with Crippen LogP contribution < -0.4 is 0 Å². The van der Waals surface area contributed by atoms with E-state index in [0.29, 0.717) is 11.2 Å². The first kappa shape index (κ1) is 14.6. The van der Waals surface area contributed by atoms with Gasteiger partial charge in [-0.25, -0.2) is 0 Å². The Kier molecular flexibility index (Phi) is 3.51. The van der Waals surface area contributed by atoms with Crippen LogP contribution in [0.4, 0.5) is 0 Å². The Bertz CT molecular complexity index is 555. The van der Waals surface area contributed by atoms with E-state index in [4.69, 9.17) is 0 Å². The van der Waals surface area contributed by atoms with E-state index < -0.39 is 0 Å². The third-order valence-corrected chi connectivity index (χ3v) is 6.99. The van der Waals surface area contributed by atoms with Crippen molar-refractivity contribution in [3.8, 4) is 5.75 Å². The van der Waals surface area contributed by atoms with Crippen molar-refractivity contribution in [3.05, 3.63) is 29.3 Å². The Morgan fingerprint density at radius 2 is 1.91 bits per heavy atom. The number of aromatic hydroxyl groups is 1. The van der Waals surface area contributed by atoms with Crippen LogP contribution in [-0.4, -0.2) is 5.11 Å². The molecule has 3 atom stereocenters. The van der Waals surface area contributed by atoms with Gasteiger partial charge in [0.25, 0.3) is 0 Å². The van der Waals surface area contributed by atoms with Crippen molar-refractivity contribution in [1.82, 2.24) is 0 Å². The normalized spacial score (nSPS) is 33.1. The van der Waals surface area contributed by atoms with Gasteiger partial charge in [-0.3, -0.25) is 0 Å². The van der Waals surface area contributed by atoms with Gasteiger partial charge < -0.3 is 5.11 Å². The summed E-state index contributed by atoms with van der Waals surface area (Å²) >= 11 is 0. The second kappa shape index (κ2) is 5.28. The van der Waals surface area contributed by atoms with Crippen LogP contribution in [0.2, 0.25) is 0 Å². The van der Waals surface area contributed by atoms with Gasteiger partial charge in [0.05, 0.1) is 0 Å². The minimum Gasteiger partial charge on any atom is -0.508 e. The lowest BCUT2D eigenvalue weighted by molar-refractivity contribution is 0.0375. The molecule has 4 rings (SSSR count). The third-order valence-electron chi connectivity index (χ3n) is 6.99. The minimum absolute atomic E-state index is 0.443. The van der Waals surface area contributed by atoms with Crippen LogP contribution in [0.15, 0.2) is 18.2 Å². The average Bonchev–Trinajstić information content (AvgIpc) is 3.29. The predicted molar refractivity (Wildman–Crippen MR) is 91.1 cm³/mol. The molecule has 0 saturated heterocycles. The van der Waals surface area contributed by atoms with Crippen LogP contribution in [0, 0.1) is 23.2 Å². The van der Waals surface area contributed by atoms with E-state index in [9.17, 15) is 5.11 Å². The first-order chi connectivity index (χ1) is 10.5. The van der Waals surface area contributed by atoms with E-state index in [1.165, 1.54) is 56.9 Å². The lowest BCUT2D eigenvalue weighted by atomic mass is 9.54. The summed E-state index contributed by atoms with van der Waals surface area (Å²) < 4.78 is 0. The summed E-state index contributed by atoms with van der Waals surface area (Å²) in [5.41, 5.74) is 3.49. The van der Waals surface area contributed by atoms with E-state index in [0.717, 1.165) is 23.7 Å². The van der Waals surface area contributed by atoms with Crippen LogP contribution in [0.3, 0.4) is 0 Å². The Hall–Kier alpha value is -0.980. The zero-order valence-corrected chi connectivity index (χ0v) is 14.1. The molecule has 2 saturated carbocycles. The number of phenols is 1. The van der Waals surface area contributed by atoms with Crippen molar-refractivity contribution in [3.63, 3.8) is 0 Å². The summed E-state index contributed by atoms with van der Waals surface area (Å²) in [6, 6.07) is 6.14. The quantitative estimate of drug-likeness (QED) is 0.763. The maximum atomic E-state index is 9.77. The van der Waals surface area contributed by atoms with E-state index in [2.05, 4.69) is 19.9 Å². The SMILES string of the molecule is CC1(C)CCC2c3ccc(O)cc3CCC2C1CCC1CC1. The molecule has 0 spiro atoms. The van der Waals surface area contributed by atoms with E-state index >= 15 is 0 Å². The number of fused-ring (bicyclic) bond motifs is 3. The average molecular weight is 298 g/mol. The summed E-state index contributed by atoms with van der Waals surface area (Å²) in [4.78, 5) is 0. The molecule has 0 radical (unpaired) electrons. The van der Waals surface area contributed by atoms with Crippen LogP contribution in [0.25, 0.3) is 0 Å². The highest BCUT2D eigenvalue weighted by atomic mass is 16.3. The summed E-state index contributed by atoms with van der Waals surface area (Å²) in [5.74, 6) is 4.03. The van der Waals surface area contributed by atoms with E-state index in [-0.39, 0.29) is 0 Å². The van der Waals surface area contributed by atoms with E-state index in [1.54, 1.807) is 5.56 Å². The predicted octanol–water partition coefficient (Wildman–Crippen LogP) is 5.66. The maximum absolute atomic E-state index is 9.77. The molecule has 120 valence electrons. The van der Waals surface area contributed by atoms with Gasteiger partial charge in [-0.05, 0) is 84.5 Å². The largest absolute Gasteiger partial charge is 0.508 e. The van der Waals surface area contributed by atoms with Crippen molar-refractivity contribution in [2.24, 2.45) is 23.2 Å². The standard InChI is InChI=1S/C21H30O/c1-21(2)12-11-18-17-9-7-16(22)13-15(17)6-8-19(18)20(21)10-5-14-3-4-14/h7,9,13-14,18-20,22H,3-6,8,10-12H2,1-2H3. The summed E-state index contributed by atoms with van der Waals surface area (Å²) in [6.45, 7) is 5.04. The number of benzene rings is 1. The number of hydrogen-bond donors (Lipinski definition) is 1. The van der Waals surface area contributed by atoms with Gasteiger partial charge in [0, 0.05) is 0 Å². The summed E-state index contributed by atoms with van der Waals surface area (Å²) in [5, 5.41) is 9.77.